The Labute approximate surface area is 107 Å². The number of hydrogen-bond donors (Lipinski definition) is 1. The molecule has 3 rings (SSSR count). The number of aromatic nitrogens is 2. The first-order valence-corrected chi connectivity index (χ1v) is 6.99. The summed E-state index contributed by atoms with van der Waals surface area (Å²) in [6, 6.07) is 2.43. The zero-order chi connectivity index (χ0) is 12.5. The van der Waals surface area contributed by atoms with Crippen molar-refractivity contribution in [3.8, 4) is 0 Å². The fourth-order valence-corrected chi connectivity index (χ4v) is 2.80. The Hall–Kier alpha value is -1.16. The van der Waals surface area contributed by atoms with Gasteiger partial charge in [0.2, 0.25) is 0 Å². The highest BCUT2D eigenvalue weighted by atomic mass is 16.3. The van der Waals surface area contributed by atoms with Crippen molar-refractivity contribution in [1.82, 2.24) is 9.78 Å². The summed E-state index contributed by atoms with van der Waals surface area (Å²) in [5.74, 6) is 0.142. The van der Waals surface area contributed by atoms with E-state index in [1.165, 1.54) is 25.7 Å². The molecule has 2 fully saturated rings. The molecule has 1 atom stereocenters. The molecule has 2 saturated carbocycles. The van der Waals surface area contributed by atoms with Crippen molar-refractivity contribution in [2.45, 2.75) is 57.1 Å². The van der Waals surface area contributed by atoms with Crippen LogP contribution in [-0.4, -0.2) is 26.8 Å². The van der Waals surface area contributed by atoms with Gasteiger partial charge in [-0.2, -0.15) is 5.10 Å². The summed E-state index contributed by atoms with van der Waals surface area (Å²) in [4.78, 5) is 11.8. The molecule has 1 unspecified atom stereocenters. The second-order valence-electron chi connectivity index (χ2n) is 5.65. The summed E-state index contributed by atoms with van der Waals surface area (Å²) < 4.78 is 2.00. The predicted molar refractivity (Wildman–Crippen MR) is 67.2 cm³/mol. The Balaban J connectivity index is 1.60. The van der Waals surface area contributed by atoms with Crippen molar-refractivity contribution >= 4 is 5.78 Å². The molecule has 0 aromatic carbocycles. The lowest BCUT2D eigenvalue weighted by molar-refractivity contribution is -0.127. The van der Waals surface area contributed by atoms with E-state index < -0.39 is 6.10 Å². The first-order valence-electron chi connectivity index (χ1n) is 6.99. The first kappa shape index (κ1) is 11.9. The average Bonchev–Trinajstić information content (AvgIpc) is 2.89. The summed E-state index contributed by atoms with van der Waals surface area (Å²) in [5, 5.41) is 14.2. The molecule has 0 bridgehead atoms. The fraction of sp³-hybridized carbons (Fsp3) is 0.714. The van der Waals surface area contributed by atoms with Crippen LogP contribution in [0.2, 0.25) is 0 Å². The summed E-state index contributed by atoms with van der Waals surface area (Å²) in [6.07, 6.45) is 8.41. The molecule has 0 saturated heterocycles. The molecule has 1 N–H and O–H groups in total. The number of rotatable bonds is 5. The van der Waals surface area contributed by atoms with Gasteiger partial charge in [-0.3, -0.25) is 9.48 Å². The minimum Gasteiger partial charge on any atom is -0.385 e. The summed E-state index contributed by atoms with van der Waals surface area (Å²) in [6.45, 7) is 0. The number of carbonyl (C=O) groups is 1. The third kappa shape index (κ3) is 2.48. The van der Waals surface area contributed by atoms with Crippen LogP contribution < -0.4 is 0 Å². The van der Waals surface area contributed by atoms with Gasteiger partial charge in [-0.05, 0) is 37.7 Å². The average molecular weight is 248 g/mol. The highest BCUT2D eigenvalue weighted by molar-refractivity contribution is 5.85. The predicted octanol–water partition coefficient (Wildman–Crippen LogP) is 1.88. The molecule has 0 aliphatic heterocycles. The number of ketones is 1. The van der Waals surface area contributed by atoms with Gasteiger partial charge in [0.1, 0.15) is 6.10 Å². The van der Waals surface area contributed by atoms with Gasteiger partial charge in [0.25, 0.3) is 0 Å². The van der Waals surface area contributed by atoms with Crippen LogP contribution in [-0.2, 0) is 11.2 Å². The van der Waals surface area contributed by atoms with Gasteiger partial charge in [-0.15, -0.1) is 0 Å². The normalized spacial score (nSPS) is 22.3. The number of hydrogen-bond acceptors (Lipinski definition) is 3. The Morgan fingerprint density at radius 3 is 2.78 bits per heavy atom. The van der Waals surface area contributed by atoms with Crippen molar-refractivity contribution in [3.63, 3.8) is 0 Å². The zero-order valence-corrected chi connectivity index (χ0v) is 10.6. The number of aliphatic hydroxyl groups excluding tert-OH is 1. The van der Waals surface area contributed by atoms with E-state index in [2.05, 4.69) is 5.10 Å². The van der Waals surface area contributed by atoms with Crippen molar-refractivity contribution in [3.05, 3.63) is 18.0 Å². The van der Waals surface area contributed by atoms with E-state index in [0.29, 0.717) is 6.04 Å². The number of nitrogens with zero attached hydrogens (tertiary/aromatic N) is 2. The van der Waals surface area contributed by atoms with E-state index in [9.17, 15) is 9.90 Å². The van der Waals surface area contributed by atoms with E-state index in [-0.39, 0.29) is 18.1 Å². The summed E-state index contributed by atoms with van der Waals surface area (Å²) in [5.41, 5.74) is 0.798. The van der Waals surface area contributed by atoms with Crippen LogP contribution in [0.25, 0.3) is 0 Å². The molecule has 2 aliphatic carbocycles. The Morgan fingerprint density at radius 2 is 2.11 bits per heavy atom. The molecule has 0 spiro atoms. The topological polar surface area (TPSA) is 55.1 Å². The SMILES string of the molecule is O=C(Cc1ccn(C2CCCC2)n1)C(O)C1CC1. The van der Waals surface area contributed by atoms with Gasteiger partial charge >= 0.3 is 0 Å². The van der Waals surface area contributed by atoms with E-state index in [0.717, 1.165) is 18.5 Å². The number of Topliss-reactive ketones (excluding diaryl/α,β-unsaturated/α-hetero) is 1. The molecule has 18 heavy (non-hydrogen) atoms. The van der Waals surface area contributed by atoms with Crippen molar-refractivity contribution in [2.75, 3.05) is 0 Å². The van der Waals surface area contributed by atoms with E-state index in [1.54, 1.807) is 0 Å². The van der Waals surface area contributed by atoms with Gasteiger partial charge in [0.15, 0.2) is 5.78 Å². The third-order valence-corrected chi connectivity index (χ3v) is 4.12. The molecule has 1 aromatic rings. The highest BCUT2D eigenvalue weighted by Crippen LogP contribution is 2.33. The molecular weight excluding hydrogens is 228 g/mol. The Kier molecular flexibility index (Phi) is 3.20. The maximum atomic E-state index is 11.8. The number of carbonyl (C=O) groups excluding carboxylic acids is 1. The monoisotopic (exact) mass is 248 g/mol. The maximum absolute atomic E-state index is 11.8. The van der Waals surface area contributed by atoms with Crippen molar-refractivity contribution < 1.29 is 9.90 Å². The summed E-state index contributed by atoms with van der Waals surface area (Å²) >= 11 is 0. The molecule has 1 heterocycles. The smallest absolute Gasteiger partial charge is 0.167 e. The van der Waals surface area contributed by atoms with Crippen molar-refractivity contribution in [2.24, 2.45) is 5.92 Å². The molecular formula is C14H20N2O2. The molecule has 98 valence electrons. The molecule has 0 radical (unpaired) electrons. The maximum Gasteiger partial charge on any atom is 0.167 e. The van der Waals surface area contributed by atoms with Crippen LogP contribution in [0.3, 0.4) is 0 Å². The zero-order valence-electron chi connectivity index (χ0n) is 10.6. The van der Waals surface area contributed by atoms with E-state index in [4.69, 9.17) is 0 Å². The lowest BCUT2D eigenvalue weighted by Crippen LogP contribution is -2.24. The van der Waals surface area contributed by atoms with Gasteiger partial charge in [0.05, 0.1) is 18.2 Å². The van der Waals surface area contributed by atoms with Gasteiger partial charge in [-0.25, -0.2) is 0 Å². The third-order valence-electron chi connectivity index (χ3n) is 4.12. The van der Waals surface area contributed by atoms with Crippen molar-refractivity contribution in [1.29, 1.82) is 0 Å². The molecule has 1 aromatic heterocycles. The molecule has 4 nitrogen and oxygen atoms in total. The molecule has 4 heteroatoms. The standard InChI is InChI=1S/C14H20N2O2/c17-13(14(18)10-5-6-10)9-11-7-8-16(15-11)12-3-1-2-4-12/h7-8,10,12,14,18H,1-6,9H2. The fourth-order valence-electron chi connectivity index (χ4n) is 2.80. The largest absolute Gasteiger partial charge is 0.385 e. The van der Waals surface area contributed by atoms with E-state index in [1.807, 2.05) is 16.9 Å². The lowest BCUT2D eigenvalue weighted by Gasteiger charge is -2.09. The van der Waals surface area contributed by atoms with Crippen LogP contribution in [0, 0.1) is 5.92 Å². The van der Waals surface area contributed by atoms with E-state index >= 15 is 0 Å². The van der Waals surface area contributed by atoms with Crippen LogP contribution in [0.15, 0.2) is 12.3 Å². The number of aliphatic hydroxyl groups is 1. The van der Waals surface area contributed by atoms with Gasteiger partial charge in [0, 0.05) is 6.20 Å². The minimum atomic E-state index is -0.762. The highest BCUT2D eigenvalue weighted by Gasteiger charge is 2.34. The summed E-state index contributed by atoms with van der Waals surface area (Å²) in [7, 11) is 0. The van der Waals surface area contributed by atoms with Gasteiger partial charge < -0.3 is 5.11 Å². The van der Waals surface area contributed by atoms with Gasteiger partial charge in [-0.1, -0.05) is 12.8 Å². The Morgan fingerprint density at radius 1 is 1.39 bits per heavy atom. The molecule has 2 aliphatic rings. The second-order valence-corrected chi connectivity index (χ2v) is 5.65. The van der Waals surface area contributed by atoms with Crippen LogP contribution in [0.4, 0.5) is 0 Å². The minimum absolute atomic E-state index is 0.0748. The Bertz CT molecular complexity index is 431. The lowest BCUT2D eigenvalue weighted by atomic mass is 10.1. The van der Waals surface area contributed by atoms with Crippen LogP contribution in [0.5, 0.6) is 0 Å². The first-order chi connectivity index (χ1) is 8.74. The quantitative estimate of drug-likeness (QED) is 0.865. The second kappa shape index (κ2) is 4.84. The van der Waals surface area contributed by atoms with Crippen LogP contribution in [0.1, 0.15) is 50.3 Å². The molecule has 0 amide bonds. The van der Waals surface area contributed by atoms with Crippen LogP contribution >= 0.6 is 0 Å².